The van der Waals surface area contributed by atoms with E-state index in [4.69, 9.17) is 0 Å². The molecule has 0 spiro atoms. The average Bonchev–Trinajstić information content (AvgIpc) is 2.77. The third kappa shape index (κ3) is 3.78. The van der Waals surface area contributed by atoms with Crippen molar-refractivity contribution in [2.45, 2.75) is 6.54 Å². The van der Waals surface area contributed by atoms with Crippen LogP contribution in [-0.2, 0) is 6.54 Å². The molecule has 3 aromatic carbocycles. The van der Waals surface area contributed by atoms with Crippen molar-refractivity contribution in [2.24, 2.45) is 0 Å². The van der Waals surface area contributed by atoms with Crippen molar-refractivity contribution in [3.63, 3.8) is 0 Å². The standard InChI is InChI=1S/C24H17N3O2/c25-14-19-16-27(22-9-5-4-8-21(22)23(19)28)15-17-10-12-18(13-11-17)24(29)26-20-6-2-1-3-7-20/h1-13,16H,15H2,(H,26,29). The minimum Gasteiger partial charge on any atom is -0.341 e. The number of benzene rings is 3. The molecule has 4 rings (SSSR count). The summed E-state index contributed by atoms with van der Waals surface area (Å²) < 4.78 is 1.88. The van der Waals surface area contributed by atoms with Crippen LogP contribution in [0.15, 0.2) is 89.9 Å². The Morgan fingerprint density at radius 2 is 1.62 bits per heavy atom. The molecule has 0 radical (unpaired) electrons. The molecular weight excluding hydrogens is 362 g/mol. The zero-order valence-corrected chi connectivity index (χ0v) is 15.5. The van der Waals surface area contributed by atoms with Gasteiger partial charge in [-0.05, 0) is 42.0 Å². The first-order valence-corrected chi connectivity index (χ1v) is 9.13. The van der Waals surface area contributed by atoms with Crippen molar-refractivity contribution >= 4 is 22.5 Å². The molecule has 29 heavy (non-hydrogen) atoms. The fourth-order valence-corrected chi connectivity index (χ4v) is 3.24. The van der Waals surface area contributed by atoms with Gasteiger partial charge in [0.25, 0.3) is 5.91 Å². The lowest BCUT2D eigenvalue weighted by Gasteiger charge is -2.12. The van der Waals surface area contributed by atoms with Gasteiger partial charge in [0.05, 0.1) is 5.52 Å². The molecule has 0 aliphatic heterocycles. The van der Waals surface area contributed by atoms with Crippen LogP contribution in [-0.4, -0.2) is 10.5 Å². The van der Waals surface area contributed by atoms with E-state index in [9.17, 15) is 14.9 Å². The van der Waals surface area contributed by atoms with Gasteiger partial charge in [-0.3, -0.25) is 9.59 Å². The highest BCUT2D eigenvalue weighted by Crippen LogP contribution is 2.15. The summed E-state index contributed by atoms with van der Waals surface area (Å²) in [5.74, 6) is -0.177. The van der Waals surface area contributed by atoms with Crippen molar-refractivity contribution in [3.8, 4) is 6.07 Å². The molecule has 0 aliphatic carbocycles. The van der Waals surface area contributed by atoms with Gasteiger partial charge in [-0.2, -0.15) is 5.26 Å². The second-order valence-electron chi connectivity index (χ2n) is 6.65. The monoisotopic (exact) mass is 379 g/mol. The minimum atomic E-state index is -0.257. The molecule has 1 amide bonds. The van der Waals surface area contributed by atoms with Crippen LogP contribution in [0.25, 0.3) is 10.9 Å². The summed E-state index contributed by atoms with van der Waals surface area (Å²) in [5.41, 5.74) is 2.88. The van der Waals surface area contributed by atoms with E-state index in [1.807, 2.05) is 65.2 Å². The summed E-state index contributed by atoms with van der Waals surface area (Å²) in [6, 6.07) is 25.8. The summed E-state index contributed by atoms with van der Waals surface area (Å²) in [6.07, 6.45) is 1.58. The number of hydrogen-bond donors (Lipinski definition) is 1. The third-order valence-corrected chi connectivity index (χ3v) is 4.71. The topological polar surface area (TPSA) is 74.9 Å². The highest BCUT2D eigenvalue weighted by Gasteiger charge is 2.10. The van der Waals surface area contributed by atoms with Gasteiger partial charge in [0.1, 0.15) is 11.6 Å². The number of nitriles is 1. The quantitative estimate of drug-likeness (QED) is 0.578. The second-order valence-corrected chi connectivity index (χ2v) is 6.65. The maximum atomic E-state index is 12.4. The van der Waals surface area contributed by atoms with Crippen LogP contribution in [0.2, 0.25) is 0 Å². The average molecular weight is 379 g/mol. The number of fused-ring (bicyclic) bond motifs is 1. The molecule has 140 valence electrons. The summed E-state index contributed by atoms with van der Waals surface area (Å²) in [7, 11) is 0. The van der Waals surface area contributed by atoms with E-state index in [2.05, 4.69) is 5.32 Å². The van der Waals surface area contributed by atoms with Crippen molar-refractivity contribution in [1.29, 1.82) is 5.26 Å². The van der Waals surface area contributed by atoms with E-state index in [0.29, 0.717) is 17.5 Å². The number of carbonyl (C=O) groups excluding carboxylic acids is 1. The lowest BCUT2D eigenvalue weighted by molar-refractivity contribution is 0.102. The lowest BCUT2D eigenvalue weighted by atomic mass is 10.1. The van der Waals surface area contributed by atoms with Crippen LogP contribution >= 0.6 is 0 Å². The fraction of sp³-hybridized carbons (Fsp3) is 0.0417. The lowest BCUT2D eigenvalue weighted by Crippen LogP contribution is -2.14. The Kier molecular flexibility index (Phi) is 4.91. The Hall–Kier alpha value is -4.17. The van der Waals surface area contributed by atoms with Crippen LogP contribution in [0, 0.1) is 11.3 Å². The van der Waals surface area contributed by atoms with E-state index in [1.165, 1.54) is 0 Å². The van der Waals surface area contributed by atoms with Crippen LogP contribution in [0.1, 0.15) is 21.5 Å². The normalized spacial score (nSPS) is 10.4. The van der Waals surface area contributed by atoms with Crippen LogP contribution in [0.5, 0.6) is 0 Å². The van der Waals surface area contributed by atoms with Crippen molar-refractivity contribution in [1.82, 2.24) is 4.57 Å². The zero-order valence-electron chi connectivity index (χ0n) is 15.5. The van der Waals surface area contributed by atoms with Gasteiger partial charge in [0.2, 0.25) is 5.43 Å². The SMILES string of the molecule is N#Cc1cn(Cc2ccc(C(=O)Nc3ccccc3)cc2)c2ccccc2c1=O. The first kappa shape index (κ1) is 18.2. The van der Waals surface area contributed by atoms with Crippen molar-refractivity contribution in [3.05, 3.63) is 112 Å². The fourth-order valence-electron chi connectivity index (χ4n) is 3.24. The molecule has 5 nitrogen and oxygen atoms in total. The second kappa shape index (κ2) is 7.83. The van der Waals surface area contributed by atoms with Gasteiger partial charge in [-0.1, -0.05) is 42.5 Å². The molecule has 1 N–H and O–H groups in total. The van der Waals surface area contributed by atoms with E-state index in [1.54, 1.807) is 30.5 Å². The Morgan fingerprint density at radius 1 is 0.931 bits per heavy atom. The van der Waals surface area contributed by atoms with Gasteiger partial charge in [-0.15, -0.1) is 0 Å². The highest BCUT2D eigenvalue weighted by atomic mass is 16.1. The molecule has 0 saturated heterocycles. The van der Waals surface area contributed by atoms with Gasteiger partial charge in [0.15, 0.2) is 0 Å². The number of pyridine rings is 1. The van der Waals surface area contributed by atoms with Crippen LogP contribution in [0.4, 0.5) is 5.69 Å². The summed E-state index contributed by atoms with van der Waals surface area (Å²) in [5, 5.41) is 12.7. The number of anilines is 1. The summed E-state index contributed by atoms with van der Waals surface area (Å²) in [6.45, 7) is 0.482. The van der Waals surface area contributed by atoms with Crippen molar-refractivity contribution < 1.29 is 4.79 Å². The summed E-state index contributed by atoms with van der Waals surface area (Å²) in [4.78, 5) is 24.7. The maximum absolute atomic E-state index is 12.4. The number of nitrogens with zero attached hydrogens (tertiary/aromatic N) is 2. The number of para-hydroxylation sites is 2. The predicted octanol–water partition coefficient (Wildman–Crippen LogP) is 4.17. The van der Waals surface area contributed by atoms with Crippen LogP contribution < -0.4 is 10.7 Å². The third-order valence-electron chi connectivity index (χ3n) is 4.71. The van der Waals surface area contributed by atoms with Gasteiger partial charge < -0.3 is 9.88 Å². The predicted molar refractivity (Wildman–Crippen MR) is 113 cm³/mol. The minimum absolute atomic E-state index is 0.113. The van der Waals surface area contributed by atoms with Crippen molar-refractivity contribution in [2.75, 3.05) is 5.32 Å². The van der Waals surface area contributed by atoms with Gasteiger partial charge in [-0.25, -0.2) is 0 Å². The molecule has 5 heteroatoms. The molecular formula is C24H17N3O2. The number of aromatic nitrogens is 1. The molecule has 0 aliphatic rings. The van der Waals surface area contributed by atoms with Gasteiger partial charge in [0, 0.05) is 29.4 Å². The number of amides is 1. The van der Waals surface area contributed by atoms with Gasteiger partial charge >= 0.3 is 0 Å². The largest absolute Gasteiger partial charge is 0.341 e. The van der Waals surface area contributed by atoms with E-state index in [0.717, 1.165) is 16.8 Å². The number of rotatable bonds is 4. The number of nitrogens with one attached hydrogen (secondary N) is 1. The molecule has 0 fully saturated rings. The summed E-state index contributed by atoms with van der Waals surface area (Å²) >= 11 is 0. The molecule has 0 unspecified atom stereocenters. The molecule has 0 atom stereocenters. The van der Waals surface area contributed by atoms with E-state index < -0.39 is 0 Å². The Labute approximate surface area is 167 Å². The first-order chi connectivity index (χ1) is 14.2. The molecule has 1 heterocycles. The first-order valence-electron chi connectivity index (χ1n) is 9.13. The smallest absolute Gasteiger partial charge is 0.255 e. The molecule has 1 aromatic heterocycles. The molecule has 4 aromatic rings. The Morgan fingerprint density at radius 3 is 2.34 bits per heavy atom. The Balaban J connectivity index is 1.60. The molecule has 0 saturated carbocycles. The number of hydrogen-bond acceptors (Lipinski definition) is 3. The van der Waals surface area contributed by atoms with E-state index in [-0.39, 0.29) is 16.9 Å². The zero-order chi connectivity index (χ0) is 20.2. The van der Waals surface area contributed by atoms with E-state index >= 15 is 0 Å². The maximum Gasteiger partial charge on any atom is 0.255 e. The number of carbonyl (C=O) groups is 1. The van der Waals surface area contributed by atoms with Crippen LogP contribution in [0.3, 0.4) is 0 Å². The highest BCUT2D eigenvalue weighted by molar-refractivity contribution is 6.04. The Bertz CT molecular complexity index is 1280. The molecule has 0 bridgehead atoms.